The number of rotatable bonds is 7. The summed E-state index contributed by atoms with van der Waals surface area (Å²) < 4.78 is 34.2. The highest BCUT2D eigenvalue weighted by Crippen LogP contribution is 2.55. The van der Waals surface area contributed by atoms with Crippen LogP contribution in [0, 0.1) is 17.3 Å². The van der Waals surface area contributed by atoms with E-state index in [0.717, 1.165) is 0 Å². The molecular weight excluding hydrogens is 592 g/mol. The second-order valence-electron chi connectivity index (χ2n) is 12.5. The predicted molar refractivity (Wildman–Crippen MR) is 155 cm³/mol. The highest BCUT2D eigenvalue weighted by molar-refractivity contribution is 5.78. The molecule has 0 aromatic rings. The lowest BCUT2D eigenvalue weighted by Crippen LogP contribution is -2.65. The minimum Gasteiger partial charge on any atom is -0.462 e. The van der Waals surface area contributed by atoms with Gasteiger partial charge in [-0.1, -0.05) is 18.6 Å². The summed E-state index contributed by atoms with van der Waals surface area (Å²) in [5, 5.41) is 12.5. The van der Waals surface area contributed by atoms with Crippen molar-refractivity contribution in [3.05, 3.63) is 23.3 Å². The Morgan fingerprint density at radius 3 is 2.07 bits per heavy atom. The van der Waals surface area contributed by atoms with Gasteiger partial charge in [-0.15, -0.1) is 0 Å². The summed E-state index contributed by atoms with van der Waals surface area (Å²) in [5.74, 6) is -6.30. The van der Waals surface area contributed by atoms with Gasteiger partial charge in [-0.2, -0.15) is 0 Å². The van der Waals surface area contributed by atoms with E-state index < -0.39 is 95.3 Å². The fourth-order valence-corrected chi connectivity index (χ4v) is 6.92. The predicted octanol–water partition coefficient (Wildman–Crippen LogP) is 2.65. The summed E-state index contributed by atoms with van der Waals surface area (Å²) in [6.45, 7) is 12.8. The number of aliphatic hydroxyl groups is 1. The van der Waals surface area contributed by atoms with E-state index in [1.54, 1.807) is 26.8 Å². The van der Waals surface area contributed by atoms with Gasteiger partial charge in [-0.3, -0.25) is 28.8 Å². The van der Waals surface area contributed by atoms with Crippen LogP contribution in [0.5, 0.6) is 0 Å². The van der Waals surface area contributed by atoms with Crippen LogP contribution in [0.1, 0.15) is 81.6 Å². The number of hydrogen-bond acceptors (Lipinski definition) is 13. The minimum atomic E-state index is -2.15. The van der Waals surface area contributed by atoms with Gasteiger partial charge in [0.2, 0.25) is 0 Å². The zero-order valence-corrected chi connectivity index (χ0v) is 27.2. The molecule has 1 N–H and O–H groups in total. The summed E-state index contributed by atoms with van der Waals surface area (Å²) in [5.41, 5.74) is -2.61. The Hall–Kier alpha value is -3.74. The fourth-order valence-electron chi connectivity index (χ4n) is 6.92. The average molecular weight is 637 g/mol. The lowest BCUT2D eigenvalue weighted by molar-refractivity contribution is -0.218. The van der Waals surface area contributed by atoms with Crippen molar-refractivity contribution in [3.8, 4) is 0 Å². The van der Waals surface area contributed by atoms with Crippen molar-refractivity contribution in [2.24, 2.45) is 17.3 Å². The van der Waals surface area contributed by atoms with E-state index in [1.807, 2.05) is 0 Å². The van der Waals surface area contributed by atoms with Crippen molar-refractivity contribution < 1.29 is 62.3 Å². The van der Waals surface area contributed by atoms with Gasteiger partial charge in [-0.05, 0) is 39.3 Å². The summed E-state index contributed by atoms with van der Waals surface area (Å²) >= 11 is 0. The Bertz CT molecular complexity index is 1280. The Morgan fingerprint density at radius 1 is 0.933 bits per heavy atom. The molecule has 1 fully saturated rings. The molecule has 1 saturated heterocycles. The molecule has 10 atom stereocenters. The van der Waals surface area contributed by atoms with Gasteiger partial charge in [0.1, 0.15) is 30.5 Å². The number of fused-ring (bicyclic) bond motifs is 2. The molecule has 2 aliphatic carbocycles. The van der Waals surface area contributed by atoms with Crippen LogP contribution in [-0.2, 0) is 57.2 Å². The monoisotopic (exact) mass is 636 g/mol. The molecule has 0 radical (unpaired) electrons. The van der Waals surface area contributed by atoms with E-state index in [4.69, 9.17) is 28.4 Å². The van der Waals surface area contributed by atoms with Crippen LogP contribution in [0.3, 0.4) is 0 Å². The first-order valence-electron chi connectivity index (χ1n) is 15.0. The Morgan fingerprint density at radius 2 is 1.51 bits per heavy atom. The summed E-state index contributed by atoms with van der Waals surface area (Å²) in [6, 6.07) is 0. The maximum absolute atomic E-state index is 13.1. The largest absolute Gasteiger partial charge is 0.462 e. The molecule has 250 valence electrons. The van der Waals surface area contributed by atoms with Crippen molar-refractivity contribution >= 4 is 35.8 Å². The van der Waals surface area contributed by atoms with Crippen molar-refractivity contribution in [2.45, 2.75) is 124 Å². The number of carbonyl (C=O) groups is 6. The molecule has 1 heterocycles. The Kier molecular flexibility index (Phi) is 10.9. The van der Waals surface area contributed by atoms with Gasteiger partial charge in [0, 0.05) is 46.5 Å². The van der Waals surface area contributed by atoms with Gasteiger partial charge in [0.15, 0.2) is 11.7 Å². The Labute approximate surface area is 262 Å². The van der Waals surface area contributed by atoms with Gasteiger partial charge in [0.25, 0.3) is 0 Å². The first kappa shape index (κ1) is 35.7. The average Bonchev–Trinajstić information content (AvgIpc) is 3.11. The van der Waals surface area contributed by atoms with Crippen LogP contribution in [0.25, 0.3) is 0 Å². The number of esters is 6. The lowest BCUT2D eigenvalue weighted by Gasteiger charge is -2.54. The highest BCUT2D eigenvalue weighted by atomic mass is 16.6. The third-order valence-corrected chi connectivity index (χ3v) is 9.06. The molecule has 1 unspecified atom stereocenters. The van der Waals surface area contributed by atoms with E-state index in [-0.39, 0.29) is 19.3 Å². The van der Waals surface area contributed by atoms with Crippen LogP contribution in [0.15, 0.2) is 23.3 Å². The van der Waals surface area contributed by atoms with Crippen molar-refractivity contribution in [1.82, 2.24) is 0 Å². The van der Waals surface area contributed by atoms with Gasteiger partial charge in [0.05, 0.1) is 17.8 Å². The van der Waals surface area contributed by atoms with Gasteiger partial charge in [-0.25, -0.2) is 0 Å². The first-order chi connectivity index (χ1) is 20.8. The van der Waals surface area contributed by atoms with Crippen LogP contribution < -0.4 is 0 Å². The zero-order chi connectivity index (χ0) is 34.0. The van der Waals surface area contributed by atoms with Crippen LogP contribution in [0.4, 0.5) is 0 Å². The van der Waals surface area contributed by atoms with E-state index in [1.165, 1.54) is 47.6 Å². The topological polar surface area (TPSA) is 178 Å². The lowest BCUT2D eigenvalue weighted by atomic mass is 9.56. The Balaban J connectivity index is 2.32. The summed E-state index contributed by atoms with van der Waals surface area (Å²) in [4.78, 5) is 75.2. The standard InChI is InChI=1S/C32H44O13/c1-15-10-11-24(41-20(6)34)31(9)25(42-21(7)35)14-23(44-27(37)13-17(3)40-19(5)33)16(2)12-26-32(39,18(4)30(38)45-26)29(28(15)31)43-22(8)36/h10,12,17-18,23-26,28-29,39H,11,13-14H2,1-9H3/b16-12-/t17?,18-,23+,24-,25-,26-,28+,29-,31+,32-/m0/s1. The van der Waals surface area contributed by atoms with Crippen molar-refractivity contribution in [1.29, 1.82) is 0 Å². The van der Waals surface area contributed by atoms with Gasteiger partial charge >= 0.3 is 35.8 Å². The molecular formula is C32H44O13. The van der Waals surface area contributed by atoms with Crippen LogP contribution >= 0.6 is 0 Å². The molecule has 3 aliphatic rings. The number of carbonyl (C=O) groups excluding carboxylic acids is 6. The molecule has 1 aliphatic heterocycles. The molecule has 0 amide bonds. The number of hydrogen-bond donors (Lipinski definition) is 1. The molecule has 0 aromatic heterocycles. The molecule has 0 spiro atoms. The number of ether oxygens (including phenoxy) is 6. The van der Waals surface area contributed by atoms with E-state index in [2.05, 4.69) is 0 Å². The van der Waals surface area contributed by atoms with E-state index in [9.17, 15) is 33.9 Å². The zero-order valence-electron chi connectivity index (χ0n) is 27.2. The van der Waals surface area contributed by atoms with Crippen LogP contribution in [-0.4, -0.2) is 83.1 Å². The summed E-state index contributed by atoms with van der Waals surface area (Å²) in [6.07, 6.45) is -3.82. The molecule has 0 saturated carbocycles. The quantitative estimate of drug-likeness (QED) is 0.245. The maximum Gasteiger partial charge on any atom is 0.312 e. The fraction of sp³-hybridized carbons (Fsp3) is 0.688. The molecule has 13 nitrogen and oxygen atoms in total. The van der Waals surface area contributed by atoms with E-state index >= 15 is 0 Å². The summed E-state index contributed by atoms with van der Waals surface area (Å²) in [7, 11) is 0. The second-order valence-corrected chi connectivity index (χ2v) is 12.5. The molecule has 3 rings (SSSR count). The minimum absolute atomic E-state index is 0.144. The normalized spacial score (nSPS) is 36.3. The third kappa shape index (κ3) is 7.40. The molecule has 45 heavy (non-hydrogen) atoms. The van der Waals surface area contributed by atoms with Crippen molar-refractivity contribution in [3.63, 3.8) is 0 Å². The second kappa shape index (κ2) is 13.7. The molecule has 0 aromatic carbocycles. The van der Waals surface area contributed by atoms with E-state index in [0.29, 0.717) is 11.1 Å². The molecule has 13 heteroatoms. The highest BCUT2D eigenvalue weighted by Gasteiger charge is 2.67. The molecule has 0 bridgehead atoms. The van der Waals surface area contributed by atoms with Crippen LogP contribution in [0.2, 0.25) is 0 Å². The first-order valence-corrected chi connectivity index (χ1v) is 15.0. The maximum atomic E-state index is 13.1. The third-order valence-electron chi connectivity index (χ3n) is 9.06. The SMILES string of the molecule is CC(=O)OC(C)CC(=O)O[C@@H]1C[C@H](OC(C)=O)[C@@]2(C)[C@@H](OC(C)=O)CC=C(C)[C@@H]2[C@H](OC(C)=O)[C@@]2(O)[C@H](/C=C\1C)OC(=O)[C@@H]2C. The van der Waals surface area contributed by atoms with Gasteiger partial charge < -0.3 is 33.5 Å². The van der Waals surface area contributed by atoms with Crippen molar-refractivity contribution in [2.75, 3.05) is 0 Å². The smallest absolute Gasteiger partial charge is 0.312 e.